The first-order valence-electron chi connectivity index (χ1n) is 6.47. The molecule has 1 aliphatic carbocycles. The average Bonchev–Trinajstić information content (AvgIpc) is 2.82. The number of benzene rings is 1. The Morgan fingerprint density at radius 2 is 1.86 bits per heavy atom. The number of carbonyl (C=O) groups is 3. The number of hydrogen-bond donors (Lipinski definition) is 1. The monoisotopic (exact) mass is 292 g/mol. The van der Waals surface area contributed by atoms with Gasteiger partial charge in [0.2, 0.25) is 5.60 Å². The molecule has 1 aromatic rings. The van der Waals surface area contributed by atoms with Crippen LogP contribution in [-0.2, 0) is 14.3 Å². The molecule has 6 nitrogen and oxygen atoms in total. The van der Waals surface area contributed by atoms with Crippen molar-refractivity contribution in [2.75, 3.05) is 14.2 Å². The van der Waals surface area contributed by atoms with Crippen molar-refractivity contribution >= 4 is 17.5 Å². The van der Waals surface area contributed by atoms with Crippen molar-refractivity contribution in [3.63, 3.8) is 0 Å². The van der Waals surface area contributed by atoms with Crippen LogP contribution in [0.1, 0.15) is 23.2 Å². The molecule has 0 spiro atoms. The molecule has 0 heterocycles. The molecule has 0 amide bonds. The predicted octanol–water partition coefficient (Wildman–Crippen LogP) is 0.761. The Morgan fingerprint density at radius 3 is 2.38 bits per heavy atom. The Bertz CT molecular complexity index is 576. The number of ketones is 2. The van der Waals surface area contributed by atoms with Gasteiger partial charge in [0.25, 0.3) is 0 Å². The third-order valence-corrected chi connectivity index (χ3v) is 3.78. The van der Waals surface area contributed by atoms with Gasteiger partial charge in [-0.15, -0.1) is 0 Å². The van der Waals surface area contributed by atoms with E-state index in [4.69, 9.17) is 4.74 Å². The van der Waals surface area contributed by atoms with Crippen LogP contribution in [0.3, 0.4) is 0 Å². The van der Waals surface area contributed by atoms with Crippen LogP contribution in [-0.4, -0.2) is 42.5 Å². The van der Waals surface area contributed by atoms with E-state index >= 15 is 0 Å². The van der Waals surface area contributed by atoms with E-state index in [1.807, 2.05) is 0 Å². The van der Waals surface area contributed by atoms with Gasteiger partial charge in [-0.2, -0.15) is 0 Å². The summed E-state index contributed by atoms with van der Waals surface area (Å²) in [7, 11) is 2.57. The van der Waals surface area contributed by atoms with Crippen LogP contribution in [0.15, 0.2) is 24.3 Å². The highest BCUT2D eigenvalue weighted by atomic mass is 16.5. The predicted molar refractivity (Wildman–Crippen MR) is 72.0 cm³/mol. The molecule has 21 heavy (non-hydrogen) atoms. The smallest absolute Gasteiger partial charge is 0.346 e. The lowest BCUT2D eigenvalue weighted by Gasteiger charge is -2.24. The Morgan fingerprint density at radius 1 is 1.24 bits per heavy atom. The van der Waals surface area contributed by atoms with Crippen molar-refractivity contribution in [2.45, 2.75) is 18.4 Å². The number of esters is 1. The third-order valence-electron chi connectivity index (χ3n) is 3.78. The molecule has 112 valence electrons. The van der Waals surface area contributed by atoms with Crippen LogP contribution in [0, 0.1) is 5.92 Å². The van der Waals surface area contributed by atoms with Crippen LogP contribution in [0.25, 0.3) is 0 Å². The van der Waals surface area contributed by atoms with Gasteiger partial charge in [-0.25, -0.2) is 4.79 Å². The molecule has 0 aliphatic heterocycles. The fraction of sp³-hybridized carbons (Fsp3) is 0.400. The summed E-state index contributed by atoms with van der Waals surface area (Å²) in [6, 6.07) is 6.26. The van der Waals surface area contributed by atoms with Crippen molar-refractivity contribution in [2.24, 2.45) is 5.92 Å². The third kappa shape index (κ3) is 2.42. The maximum Gasteiger partial charge on any atom is 0.346 e. The van der Waals surface area contributed by atoms with Gasteiger partial charge < -0.3 is 14.6 Å². The zero-order chi connectivity index (χ0) is 15.6. The molecule has 0 radical (unpaired) electrons. The second-order valence-corrected chi connectivity index (χ2v) is 4.87. The number of ether oxygens (including phenoxy) is 2. The molecule has 2 atom stereocenters. The Kier molecular flexibility index (Phi) is 4.09. The maximum atomic E-state index is 12.5. The minimum absolute atomic E-state index is 0.0296. The van der Waals surface area contributed by atoms with Gasteiger partial charge >= 0.3 is 5.97 Å². The molecule has 0 bridgehead atoms. The first-order chi connectivity index (χ1) is 9.94. The summed E-state index contributed by atoms with van der Waals surface area (Å²) in [5.41, 5.74) is -2.08. The Hall–Kier alpha value is -2.21. The summed E-state index contributed by atoms with van der Waals surface area (Å²) in [5.74, 6) is -2.77. The number of aliphatic hydroxyl groups is 1. The number of hydrogen-bond acceptors (Lipinski definition) is 6. The molecule has 1 fully saturated rings. The molecule has 1 aliphatic rings. The number of methoxy groups -OCH3 is 2. The molecule has 0 saturated heterocycles. The highest BCUT2D eigenvalue weighted by Gasteiger charge is 2.58. The van der Waals surface area contributed by atoms with Gasteiger partial charge in [0.05, 0.1) is 20.1 Å². The molecule has 1 saturated carbocycles. The van der Waals surface area contributed by atoms with E-state index in [1.54, 1.807) is 12.1 Å². The van der Waals surface area contributed by atoms with E-state index in [2.05, 4.69) is 4.74 Å². The van der Waals surface area contributed by atoms with Crippen LogP contribution in [0.2, 0.25) is 0 Å². The van der Waals surface area contributed by atoms with Crippen molar-refractivity contribution in [1.29, 1.82) is 0 Å². The van der Waals surface area contributed by atoms with E-state index in [0.717, 1.165) is 7.11 Å². The van der Waals surface area contributed by atoms with Gasteiger partial charge in [0.1, 0.15) is 5.75 Å². The fourth-order valence-electron chi connectivity index (χ4n) is 2.56. The van der Waals surface area contributed by atoms with Gasteiger partial charge in [-0.3, -0.25) is 9.59 Å². The van der Waals surface area contributed by atoms with Gasteiger partial charge in [0, 0.05) is 12.0 Å². The van der Waals surface area contributed by atoms with E-state index in [-0.39, 0.29) is 12.8 Å². The van der Waals surface area contributed by atoms with Crippen LogP contribution < -0.4 is 4.74 Å². The number of rotatable bonds is 4. The summed E-state index contributed by atoms with van der Waals surface area (Å²) in [6.07, 6.45) is 0.0907. The fourth-order valence-corrected chi connectivity index (χ4v) is 2.56. The molecular weight excluding hydrogens is 276 g/mol. The standard InChI is InChI=1S/C15H16O6/c1-20-10-5-3-9(4-6-10)13(17)11-7-8-12(16)15(11,19)14(18)21-2/h3-6,11,19H,7-8H2,1-2H3/t11-,15-/m1/s1. The Labute approximate surface area is 121 Å². The van der Waals surface area contributed by atoms with Crippen LogP contribution in [0.5, 0.6) is 5.75 Å². The summed E-state index contributed by atoms with van der Waals surface area (Å²) < 4.78 is 9.48. The van der Waals surface area contributed by atoms with Crippen LogP contribution in [0.4, 0.5) is 0 Å². The normalized spacial score (nSPS) is 24.7. The quantitative estimate of drug-likeness (QED) is 0.500. The van der Waals surface area contributed by atoms with E-state index in [9.17, 15) is 19.5 Å². The highest BCUT2D eigenvalue weighted by molar-refractivity contribution is 6.15. The van der Waals surface area contributed by atoms with Crippen molar-refractivity contribution in [1.82, 2.24) is 0 Å². The van der Waals surface area contributed by atoms with Crippen LogP contribution >= 0.6 is 0 Å². The highest BCUT2D eigenvalue weighted by Crippen LogP contribution is 2.36. The molecule has 0 aromatic heterocycles. The molecule has 1 aromatic carbocycles. The first kappa shape index (κ1) is 15.2. The molecular formula is C15H16O6. The maximum absolute atomic E-state index is 12.5. The van der Waals surface area contributed by atoms with Gasteiger partial charge in [-0.1, -0.05) is 0 Å². The first-order valence-corrected chi connectivity index (χ1v) is 6.47. The van der Waals surface area contributed by atoms with E-state index < -0.39 is 29.1 Å². The lowest BCUT2D eigenvalue weighted by atomic mass is 9.84. The number of Topliss-reactive ketones (excluding diaryl/α,β-unsaturated/α-hetero) is 2. The summed E-state index contributed by atoms with van der Waals surface area (Å²) in [6.45, 7) is 0. The van der Waals surface area contributed by atoms with E-state index in [0.29, 0.717) is 11.3 Å². The summed E-state index contributed by atoms with van der Waals surface area (Å²) in [4.78, 5) is 36.0. The van der Waals surface area contributed by atoms with Crippen molar-refractivity contribution < 1.29 is 29.0 Å². The van der Waals surface area contributed by atoms with Crippen molar-refractivity contribution in [3.05, 3.63) is 29.8 Å². The molecule has 1 N–H and O–H groups in total. The number of carbonyl (C=O) groups excluding carboxylic acids is 3. The van der Waals surface area contributed by atoms with Gasteiger partial charge in [-0.05, 0) is 30.7 Å². The minimum Gasteiger partial charge on any atom is -0.497 e. The molecule has 2 rings (SSSR count). The average molecular weight is 292 g/mol. The summed E-state index contributed by atoms with van der Waals surface area (Å²) in [5, 5.41) is 10.4. The summed E-state index contributed by atoms with van der Waals surface area (Å²) >= 11 is 0. The SMILES string of the molecule is COC(=O)[C@]1(O)C(=O)CC[C@@H]1C(=O)c1ccc(OC)cc1. The minimum atomic E-state index is -2.38. The topological polar surface area (TPSA) is 89.9 Å². The zero-order valence-corrected chi connectivity index (χ0v) is 11.8. The second kappa shape index (κ2) is 5.65. The van der Waals surface area contributed by atoms with Crippen molar-refractivity contribution in [3.8, 4) is 5.75 Å². The lowest BCUT2D eigenvalue weighted by Crippen LogP contribution is -2.51. The zero-order valence-electron chi connectivity index (χ0n) is 11.8. The van der Waals surface area contributed by atoms with Gasteiger partial charge in [0.15, 0.2) is 11.6 Å². The second-order valence-electron chi connectivity index (χ2n) is 4.87. The lowest BCUT2D eigenvalue weighted by molar-refractivity contribution is -0.168. The molecule has 0 unspecified atom stereocenters. The van der Waals surface area contributed by atoms with E-state index in [1.165, 1.54) is 19.2 Å². The Balaban J connectivity index is 2.32. The largest absolute Gasteiger partial charge is 0.497 e. The molecule has 6 heteroatoms.